The van der Waals surface area contributed by atoms with E-state index < -0.39 is 23.9 Å². The Labute approximate surface area is 116 Å². The summed E-state index contributed by atoms with van der Waals surface area (Å²) < 4.78 is 0. The molecular weight excluding hydrogens is 266 g/mol. The van der Waals surface area contributed by atoms with Gasteiger partial charge in [0.15, 0.2) is 0 Å². The first-order valence-corrected chi connectivity index (χ1v) is 6.36. The van der Waals surface area contributed by atoms with Crippen LogP contribution in [0.25, 0.3) is 0 Å². The van der Waals surface area contributed by atoms with Crippen molar-refractivity contribution < 1.29 is 24.3 Å². The van der Waals surface area contributed by atoms with Crippen molar-refractivity contribution >= 4 is 23.8 Å². The predicted octanol–water partition coefficient (Wildman–Crippen LogP) is -0.456. The van der Waals surface area contributed by atoms with Gasteiger partial charge in [-0.2, -0.15) is 0 Å². The number of hydrogen-bond donors (Lipinski definition) is 3. The van der Waals surface area contributed by atoms with E-state index >= 15 is 0 Å². The number of nitrogens with one attached hydrogen (secondary N) is 2. The van der Waals surface area contributed by atoms with Gasteiger partial charge in [-0.3, -0.25) is 19.7 Å². The zero-order valence-electron chi connectivity index (χ0n) is 11.5. The topological polar surface area (TPSA) is 116 Å². The molecule has 2 unspecified atom stereocenters. The summed E-state index contributed by atoms with van der Waals surface area (Å²) >= 11 is 0. The average molecular weight is 285 g/mol. The molecule has 1 saturated heterocycles. The Bertz CT molecular complexity index is 423. The van der Waals surface area contributed by atoms with E-state index in [9.17, 15) is 19.2 Å². The van der Waals surface area contributed by atoms with Crippen molar-refractivity contribution in [1.29, 1.82) is 0 Å². The Morgan fingerprint density at radius 3 is 2.55 bits per heavy atom. The molecule has 8 nitrogen and oxygen atoms in total. The van der Waals surface area contributed by atoms with Crippen LogP contribution in [0.2, 0.25) is 0 Å². The molecule has 3 N–H and O–H groups in total. The molecule has 8 heteroatoms. The maximum Gasteiger partial charge on any atom is 0.322 e. The van der Waals surface area contributed by atoms with Crippen LogP contribution < -0.4 is 10.6 Å². The number of hydrogen-bond acceptors (Lipinski definition) is 4. The van der Waals surface area contributed by atoms with Crippen LogP contribution in [0.15, 0.2) is 0 Å². The highest BCUT2D eigenvalue weighted by atomic mass is 16.4. The quantitative estimate of drug-likeness (QED) is 0.632. The van der Waals surface area contributed by atoms with Crippen LogP contribution in [0, 0.1) is 5.92 Å². The van der Waals surface area contributed by atoms with Crippen LogP contribution in [0.5, 0.6) is 0 Å². The molecule has 2 atom stereocenters. The van der Waals surface area contributed by atoms with Crippen molar-refractivity contribution in [2.24, 2.45) is 5.92 Å². The first-order valence-electron chi connectivity index (χ1n) is 6.36. The smallest absolute Gasteiger partial charge is 0.322 e. The second kappa shape index (κ2) is 6.88. The minimum Gasteiger partial charge on any atom is -0.481 e. The molecule has 1 aliphatic rings. The van der Waals surface area contributed by atoms with Gasteiger partial charge < -0.3 is 15.3 Å². The number of aliphatic carboxylic acids is 1. The van der Waals surface area contributed by atoms with Crippen LogP contribution in [-0.4, -0.2) is 53.5 Å². The van der Waals surface area contributed by atoms with Crippen molar-refractivity contribution in [3.63, 3.8) is 0 Å². The van der Waals surface area contributed by atoms with Gasteiger partial charge in [-0.1, -0.05) is 6.92 Å². The fraction of sp³-hybridized carbons (Fsp3) is 0.667. The standard InChI is InChI=1S/C12H19N3O5/c1-7(6-10(17)18)5-9(16)14-12(20)13-8-3-4-15(2)11(8)19/h7-8H,3-6H2,1-2H3,(H,17,18)(H2,13,14,16,20). The molecule has 0 aromatic heterocycles. The first-order chi connectivity index (χ1) is 9.29. The molecule has 0 saturated carbocycles. The largest absolute Gasteiger partial charge is 0.481 e. The molecule has 1 heterocycles. The van der Waals surface area contributed by atoms with Gasteiger partial charge in [0.2, 0.25) is 11.8 Å². The summed E-state index contributed by atoms with van der Waals surface area (Å²) in [5.41, 5.74) is 0. The van der Waals surface area contributed by atoms with E-state index in [4.69, 9.17) is 5.11 Å². The maximum atomic E-state index is 11.6. The second-order valence-electron chi connectivity index (χ2n) is 5.03. The number of amides is 4. The van der Waals surface area contributed by atoms with Crippen molar-refractivity contribution in [3.8, 4) is 0 Å². The number of carboxylic acids is 1. The van der Waals surface area contributed by atoms with Gasteiger partial charge in [-0.05, 0) is 12.3 Å². The van der Waals surface area contributed by atoms with E-state index in [1.54, 1.807) is 14.0 Å². The minimum absolute atomic E-state index is 0.0573. The number of imide groups is 1. The number of rotatable bonds is 5. The molecule has 0 spiro atoms. The first kappa shape index (κ1) is 15.9. The van der Waals surface area contributed by atoms with E-state index in [1.165, 1.54) is 4.90 Å². The predicted molar refractivity (Wildman–Crippen MR) is 68.8 cm³/mol. The Morgan fingerprint density at radius 2 is 2.05 bits per heavy atom. The number of carbonyl (C=O) groups is 4. The summed E-state index contributed by atoms with van der Waals surface area (Å²) in [6.45, 7) is 2.18. The molecule has 4 amide bonds. The minimum atomic E-state index is -0.991. The molecule has 112 valence electrons. The highest BCUT2D eigenvalue weighted by Crippen LogP contribution is 2.09. The fourth-order valence-corrected chi connectivity index (χ4v) is 2.02. The summed E-state index contributed by atoms with van der Waals surface area (Å²) in [4.78, 5) is 46.6. The van der Waals surface area contributed by atoms with Crippen molar-refractivity contribution in [2.75, 3.05) is 13.6 Å². The Kier molecular flexibility index (Phi) is 5.48. The summed E-state index contributed by atoms with van der Waals surface area (Å²) in [5.74, 6) is -2.10. The zero-order chi connectivity index (χ0) is 15.3. The Morgan fingerprint density at radius 1 is 1.40 bits per heavy atom. The van der Waals surface area contributed by atoms with Crippen LogP contribution in [0.1, 0.15) is 26.2 Å². The Balaban J connectivity index is 2.33. The van der Waals surface area contributed by atoms with Gasteiger partial charge in [-0.25, -0.2) is 4.79 Å². The third kappa shape index (κ3) is 4.87. The number of nitrogens with zero attached hydrogens (tertiary/aromatic N) is 1. The van der Waals surface area contributed by atoms with E-state index in [0.29, 0.717) is 13.0 Å². The normalized spacial score (nSPS) is 19.6. The van der Waals surface area contributed by atoms with Gasteiger partial charge in [0.1, 0.15) is 6.04 Å². The lowest BCUT2D eigenvalue weighted by atomic mass is 10.0. The molecule has 0 aromatic rings. The van der Waals surface area contributed by atoms with Crippen molar-refractivity contribution in [3.05, 3.63) is 0 Å². The molecule has 0 aromatic carbocycles. The molecule has 0 aliphatic carbocycles. The van der Waals surface area contributed by atoms with E-state index in [0.717, 1.165) is 0 Å². The molecule has 20 heavy (non-hydrogen) atoms. The lowest BCUT2D eigenvalue weighted by molar-refractivity contribution is -0.138. The lowest BCUT2D eigenvalue weighted by Gasteiger charge is -2.13. The van der Waals surface area contributed by atoms with Gasteiger partial charge >= 0.3 is 12.0 Å². The second-order valence-corrected chi connectivity index (χ2v) is 5.03. The number of likely N-dealkylation sites (tertiary alicyclic amines) is 1. The van der Waals surface area contributed by atoms with Crippen LogP contribution >= 0.6 is 0 Å². The fourth-order valence-electron chi connectivity index (χ4n) is 2.02. The van der Waals surface area contributed by atoms with Crippen molar-refractivity contribution in [1.82, 2.24) is 15.5 Å². The van der Waals surface area contributed by atoms with Crippen LogP contribution in [0.3, 0.4) is 0 Å². The number of carbonyl (C=O) groups excluding carboxylic acids is 3. The van der Waals surface area contributed by atoms with Crippen molar-refractivity contribution in [2.45, 2.75) is 32.2 Å². The number of carboxylic acid groups (broad SMARTS) is 1. The third-order valence-electron chi connectivity index (χ3n) is 3.04. The monoisotopic (exact) mass is 285 g/mol. The molecule has 1 aliphatic heterocycles. The summed E-state index contributed by atoms with van der Waals surface area (Å²) in [6.07, 6.45) is 0.311. The highest BCUT2D eigenvalue weighted by Gasteiger charge is 2.30. The molecular formula is C12H19N3O5. The summed E-state index contributed by atoms with van der Waals surface area (Å²) in [5, 5.41) is 13.1. The van der Waals surface area contributed by atoms with Crippen LogP contribution in [0.4, 0.5) is 4.79 Å². The van der Waals surface area contributed by atoms with E-state index in [-0.39, 0.29) is 24.7 Å². The third-order valence-corrected chi connectivity index (χ3v) is 3.04. The lowest BCUT2D eigenvalue weighted by Crippen LogP contribution is -2.47. The Hall–Kier alpha value is -2.12. The van der Waals surface area contributed by atoms with Gasteiger partial charge in [0.05, 0.1) is 0 Å². The molecule has 0 radical (unpaired) electrons. The molecule has 0 bridgehead atoms. The van der Waals surface area contributed by atoms with Gasteiger partial charge in [0.25, 0.3) is 0 Å². The summed E-state index contributed by atoms with van der Waals surface area (Å²) in [7, 11) is 1.64. The van der Waals surface area contributed by atoms with Crippen LogP contribution in [-0.2, 0) is 14.4 Å². The van der Waals surface area contributed by atoms with Gasteiger partial charge in [-0.15, -0.1) is 0 Å². The maximum absolute atomic E-state index is 11.6. The zero-order valence-corrected chi connectivity index (χ0v) is 11.5. The highest BCUT2D eigenvalue weighted by molar-refractivity contribution is 5.97. The molecule has 1 fully saturated rings. The number of urea groups is 1. The SMILES string of the molecule is CC(CC(=O)O)CC(=O)NC(=O)NC1CCN(C)C1=O. The average Bonchev–Trinajstić information content (AvgIpc) is 2.59. The number of likely N-dealkylation sites (N-methyl/N-ethyl adjacent to an activating group) is 1. The van der Waals surface area contributed by atoms with Gasteiger partial charge in [0, 0.05) is 26.4 Å². The molecule has 1 rings (SSSR count). The van der Waals surface area contributed by atoms with E-state index in [2.05, 4.69) is 10.6 Å². The van der Waals surface area contributed by atoms with E-state index in [1.807, 2.05) is 0 Å². The summed E-state index contributed by atoms with van der Waals surface area (Å²) in [6, 6.07) is -1.34.